The highest BCUT2D eigenvalue weighted by Crippen LogP contribution is 2.14. The summed E-state index contributed by atoms with van der Waals surface area (Å²) in [6.07, 6.45) is 1.06. The van der Waals surface area contributed by atoms with Crippen LogP contribution in [0.4, 0.5) is 0 Å². The van der Waals surface area contributed by atoms with Crippen LogP contribution in [0.15, 0.2) is 53.4 Å². The number of hydrogen-bond acceptors (Lipinski definition) is 3. The first-order chi connectivity index (χ1) is 12.3. The van der Waals surface area contributed by atoms with Gasteiger partial charge in [0.1, 0.15) is 0 Å². The molecule has 1 N–H and O–H groups in total. The minimum atomic E-state index is -3.53. The van der Waals surface area contributed by atoms with Crippen LogP contribution >= 0.6 is 0 Å². The zero-order chi connectivity index (χ0) is 19.2. The number of carbonyl (C=O) groups is 1. The van der Waals surface area contributed by atoms with E-state index in [1.54, 1.807) is 24.3 Å². The number of amides is 1. The van der Waals surface area contributed by atoms with Crippen molar-refractivity contribution in [1.82, 2.24) is 9.62 Å². The fourth-order valence-electron chi connectivity index (χ4n) is 2.59. The smallest absolute Gasteiger partial charge is 0.242 e. The molecule has 26 heavy (non-hydrogen) atoms. The average molecular weight is 375 g/mol. The highest BCUT2D eigenvalue weighted by atomic mass is 32.2. The highest BCUT2D eigenvalue weighted by molar-refractivity contribution is 7.89. The van der Waals surface area contributed by atoms with Crippen LogP contribution in [-0.2, 0) is 21.2 Å². The van der Waals surface area contributed by atoms with Crippen LogP contribution in [-0.4, -0.2) is 38.8 Å². The molecule has 2 rings (SSSR count). The van der Waals surface area contributed by atoms with Crippen LogP contribution in [0.2, 0.25) is 0 Å². The van der Waals surface area contributed by atoms with Crippen molar-refractivity contribution in [2.45, 2.75) is 31.6 Å². The summed E-state index contributed by atoms with van der Waals surface area (Å²) in [7, 11) is -2.01. The molecule has 0 saturated carbocycles. The van der Waals surface area contributed by atoms with Crippen molar-refractivity contribution in [2.75, 3.05) is 20.1 Å². The Morgan fingerprint density at radius 1 is 1.04 bits per heavy atom. The number of nitrogens with one attached hydrogen (secondary N) is 1. The molecule has 0 aliphatic rings. The van der Waals surface area contributed by atoms with Gasteiger partial charge in [-0.2, -0.15) is 4.31 Å². The van der Waals surface area contributed by atoms with Gasteiger partial charge in [0.05, 0.1) is 4.90 Å². The SMILES string of the molecule is Cc1ccc(S(=O)(=O)N(C)CCNC(=O)CCc2ccccc2C)cc1. The molecule has 0 aromatic heterocycles. The first-order valence-electron chi connectivity index (χ1n) is 8.65. The molecule has 1 amide bonds. The van der Waals surface area contributed by atoms with E-state index >= 15 is 0 Å². The normalized spacial score (nSPS) is 11.5. The fourth-order valence-corrected chi connectivity index (χ4v) is 3.76. The number of aryl methyl sites for hydroxylation is 3. The highest BCUT2D eigenvalue weighted by Gasteiger charge is 2.20. The van der Waals surface area contributed by atoms with Crippen molar-refractivity contribution in [1.29, 1.82) is 0 Å². The maximum Gasteiger partial charge on any atom is 0.242 e. The van der Waals surface area contributed by atoms with Crippen molar-refractivity contribution < 1.29 is 13.2 Å². The van der Waals surface area contributed by atoms with Gasteiger partial charge in [-0.05, 0) is 43.5 Å². The Kier molecular flexibility index (Phi) is 6.94. The van der Waals surface area contributed by atoms with Gasteiger partial charge in [0.15, 0.2) is 0 Å². The largest absolute Gasteiger partial charge is 0.355 e. The quantitative estimate of drug-likeness (QED) is 0.772. The lowest BCUT2D eigenvalue weighted by atomic mass is 10.0. The number of carbonyl (C=O) groups excluding carboxylic acids is 1. The number of hydrogen-bond donors (Lipinski definition) is 1. The zero-order valence-corrected chi connectivity index (χ0v) is 16.3. The molecule has 6 heteroatoms. The summed E-state index contributed by atoms with van der Waals surface area (Å²) in [6.45, 7) is 4.45. The number of rotatable bonds is 8. The molecule has 0 saturated heterocycles. The van der Waals surface area contributed by atoms with Crippen molar-refractivity contribution >= 4 is 15.9 Å². The van der Waals surface area contributed by atoms with Gasteiger partial charge in [0, 0.05) is 26.6 Å². The summed E-state index contributed by atoms with van der Waals surface area (Å²) < 4.78 is 26.2. The second-order valence-electron chi connectivity index (χ2n) is 6.42. The zero-order valence-electron chi connectivity index (χ0n) is 15.5. The topological polar surface area (TPSA) is 66.5 Å². The van der Waals surface area contributed by atoms with Gasteiger partial charge in [-0.15, -0.1) is 0 Å². The minimum Gasteiger partial charge on any atom is -0.355 e. The van der Waals surface area contributed by atoms with Crippen molar-refractivity contribution in [3.05, 3.63) is 65.2 Å². The average Bonchev–Trinajstić information content (AvgIpc) is 2.61. The molecule has 0 bridgehead atoms. The van der Waals surface area contributed by atoms with Crippen LogP contribution in [0, 0.1) is 13.8 Å². The summed E-state index contributed by atoms with van der Waals surface area (Å²) in [5, 5.41) is 2.79. The summed E-state index contributed by atoms with van der Waals surface area (Å²) in [4.78, 5) is 12.2. The predicted octanol–water partition coefficient (Wildman–Crippen LogP) is 2.67. The minimum absolute atomic E-state index is 0.0746. The summed E-state index contributed by atoms with van der Waals surface area (Å²) in [6, 6.07) is 14.7. The Balaban J connectivity index is 1.80. The van der Waals surface area contributed by atoms with Crippen LogP contribution in [0.25, 0.3) is 0 Å². The summed E-state index contributed by atoms with van der Waals surface area (Å²) >= 11 is 0. The van der Waals surface area contributed by atoms with Gasteiger partial charge in [0.25, 0.3) is 0 Å². The lowest BCUT2D eigenvalue weighted by Gasteiger charge is -2.17. The molecule has 0 unspecified atom stereocenters. The Morgan fingerprint density at radius 3 is 2.35 bits per heavy atom. The van der Waals surface area contributed by atoms with Crippen LogP contribution in [0.3, 0.4) is 0 Å². The van der Waals surface area contributed by atoms with Crippen molar-refractivity contribution in [3.63, 3.8) is 0 Å². The van der Waals surface area contributed by atoms with Gasteiger partial charge >= 0.3 is 0 Å². The summed E-state index contributed by atoms with van der Waals surface area (Å²) in [5.41, 5.74) is 3.33. The van der Waals surface area contributed by atoms with E-state index in [1.807, 2.05) is 38.1 Å². The van der Waals surface area contributed by atoms with Gasteiger partial charge in [0.2, 0.25) is 15.9 Å². The first kappa shape index (κ1) is 20.1. The lowest BCUT2D eigenvalue weighted by molar-refractivity contribution is -0.121. The molecule has 5 nitrogen and oxygen atoms in total. The van der Waals surface area contributed by atoms with Gasteiger partial charge in [-0.1, -0.05) is 42.0 Å². The lowest BCUT2D eigenvalue weighted by Crippen LogP contribution is -2.36. The number of sulfonamides is 1. The van der Waals surface area contributed by atoms with E-state index in [0.717, 1.165) is 11.1 Å². The molecule has 0 radical (unpaired) electrons. The maximum atomic E-state index is 12.5. The molecule has 2 aromatic rings. The third-order valence-electron chi connectivity index (χ3n) is 4.36. The van der Waals surface area contributed by atoms with E-state index in [-0.39, 0.29) is 23.9 Å². The Bertz CT molecular complexity index is 846. The monoisotopic (exact) mass is 374 g/mol. The predicted molar refractivity (Wildman–Crippen MR) is 104 cm³/mol. The second kappa shape index (κ2) is 8.96. The second-order valence-corrected chi connectivity index (χ2v) is 8.46. The van der Waals surface area contributed by atoms with E-state index in [0.29, 0.717) is 12.8 Å². The maximum absolute atomic E-state index is 12.5. The third-order valence-corrected chi connectivity index (χ3v) is 6.23. The molecule has 0 aliphatic heterocycles. The van der Waals surface area contributed by atoms with E-state index in [1.165, 1.54) is 16.9 Å². The third kappa shape index (κ3) is 5.41. The fraction of sp³-hybridized carbons (Fsp3) is 0.350. The standard InChI is InChI=1S/C20H26N2O3S/c1-16-8-11-19(12-9-16)26(24,25)22(3)15-14-21-20(23)13-10-18-7-5-4-6-17(18)2/h4-9,11-12H,10,13-15H2,1-3H3,(H,21,23). The van der Waals surface area contributed by atoms with Crippen molar-refractivity contribution in [3.8, 4) is 0 Å². The van der Waals surface area contributed by atoms with Gasteiger partial charge in [-0.3, -0.25) is 4.79 Å². The van der Waals surface area contributed by atoms with Crippen LogP contribution < -0.4 is 5.32 Å². The Labute approximate surface area is 156 Å². The first-order valence-corrected chi connectivity index (χ1v) is 10.1. The van der Waals surface area contributed by atoms with Crippen LogP contribution in [0.5, 0.6) is 0 Å². The van der Waals surface area contributed by atoms with E-state index in [4.69, 9.17) is 0 Å². The number of likely N-dealkylation sites (N-methyl/N-ethyl adjacent to an activating group) is 1. The molecule has 0 fully saturated rings. The molecule has 140 valence electrons. The molecular weight excluding hydrogens is 348 g/mol. The molecule has 0 spiro atoms. The van der Waals surface area contributed by atoms with Gasteiger partial charge in [-0.25, -0.2) is 8.42 Å². The Morgan fingerprint density at radius 2 is 1.69 bits per heavy atom. The number of benzene rings is 2. The van der Waals surface area contributed by atoms with E-state index < -0.39 is 10.0 Å². The van der Waals surface area contributed by atoms with E-state index in [2.05, 4.69) is 5.32 Å². The van der Waals surface area contributed by atoms with Crippen molar-refractivity contribution in [2.24, 2.45) is 0 Å². The molecule has 2 aromatic carbocycles. The van der Waals surface area contributed by atoms with E-state index in [9.17, 15) is 13.2 Å². The molecule has 0 aliphatic carbocycles. The molecular formula is C20H26N2O3S. The molecule has 0 heterocycles. The summed E-state index contributed by atoms with van der Waals surface area (Å²) in [5.74, 6) is -0.0746. The number of nitrogens with zero attached hydrogens (tertiary/aromatic N) is 1. The Hall–Kier alpha value is -2.18. The van der Waals surface area contributed by atoms with Gasteiger partial charge < -0.3 is 5.32 Å². The van der Waals surface area contributed by atoms with Crippen LogP contribution in [0.1, 0.15) is 23.1 Å². The molecule has 0 atom stereocenters.